The van der Waals surface area contributed by atoms with Gasteiger partial charge in [-0.05, 0) is 26.2 Å². The second-order valence-corrected chi connectivity index (χ2v) is 6.73. The predicted molar refractivity (Wildman–Crippen MR) is 98.6 cm³/mol. The van der Waals surface area contributed by atoms with E-state index in [0.29, 0.717) is 19.4 Å². The molecule has 0 aromatic rings. The molecule has 0 saturated carbocycles. The number of carbonyl (C=O) groups excluding carboxylic acids is 1. The topological polar surface area (TPSA) is 77.0 Å². The summed E-state index contributed by atoms with van der Waals surface area (Å²) in [5, 5.41) is 16.3. The van der Waals surface area contributed by atoms with E-state index in [1.807, 2.05) is 13.8 Å². The van der Waals surface area contributed by atoms with Crippen molar-refractivity contribution in [2.75, 3.05) is 33.2 Å². The van der Waals surface area contributed by atoms with E-state index in [9.17, 15) is 9.90 Å². The van der Waals surface area contributed by atoms with Crippen LogP contribution in [0.2, 0.25) is 0 Å². The molecule has 1 spiro atoms. The van der Waals surface area contributed by atoms with Crippen LogP contribution < -0.4 is 10.6 Å². The molecule has 7 heteroatoms. The normalized spacial score (nSPS) is 28.1. The lowest BCUT2D eigenvalue weighted by molar-refractivity contribution is -0.119. The predicted octanol–water partition coefficient (Wildman–Crippen LogP) is 0.943. The molecule has 0 aliphatic carbocycles. The van der Waals surface area contributed by atoms with Crippen LogP contribution in [0.3, 0.4) is 0 Å². The molecule has 2 unspecified atom stereocenters. The first-order valence-electron chi connectivity index (χ1n) is 7.84. The average molecular weight is 424 g/mol. The number of hydrogen-bond acceptors (Lipinski definition) is 3. The summed E-state index contributed by atoms with van der Waals surface area (Å²) in [4.78, 5) is 18.1. The van der Waals surface area contributed by atoms with E-state index >= 15 is 0 Å². The van der Waals surface area contributed by atoms with Gasteiger partial charge in [0.1, 0.15) is 0 Å². The Morgan fingerprint density at radius 1 is 1.59 bits per heavy atom. The lowest BCUT2D eigenvalue weighted by Gasteiger charge is -2.41. The lowest BCUT2D eigenvalue weighted by atomic mass is 9.79. The number of amides is 1. The highest BCUT2D eigenvalue weighted by Gasteiger charge is 2.42. The fraction of sp³-hybridized carbons (Fsp3) is 0.867. The van der Waals surface area contributed by atoms with Gasteiger partial charge in [-0.25, -0.2) is 0 Å². The molecule has 2 atom stereocenters. The molecule has 2 saturated heterocycles. The van der Waals surface area contributed by atoms with Gasteiger partial charge in [0.05, 0.1) is 5.60 Å². The van der Waals surface area contributed by atoms with Crippen LogP contribution in [0.5, 0.6) is 0 Å². The van der Waals surface area contributed by atoms with Gasteiger partial charge in [-0.3, -0.25) is 9.79 Å². The van der Waals surface area contributed by atoms with Gasteiger partial charge < -0.3 is 20.6 Å². The zero-order chi connectivity index (χ0) is 15.5. The standard InChI is InChI=1S/C15H28N4O2.HI/c1-4-14(2,21)9-18-13(16-3)19-7-5-6-15(11-19)8-12(20)17-10-15;/h21H,4-11H2,1-3H3,(H,16,18)(H,17,20);1H. The number of nitrogens with one attached hydrogen (secondary N) is 2. The maximum absolute atomic E-state index is 11.6. The summed E-state index contributed by atoms with van der Waals surface area (Å²) in [5.74, 6) is 0.982. The van der Waals surface area contributed by atoms with E-state index in [0.717, 1.165) is 38.4 Å². The summed E-state index contributed by atoms with van der Waals surface area (Å²) in [6.45, 7) is 6.84. The Morgan fingerprint density at radius 3 is 2.86 bits per heavy atom. The monoisotopic (exact) mass is 424 g/mol. The van der Waals surface area contributed by atoms with E-state index in [2.05, 4.69) is 20.5 Å². The van der Waals surface area contributed by atoms with Gasteiger partial charge in [-0.15, -0.1) is 24.0 Å². The smallest absolute Gasteiger partial charge is 0.220 e. The number of halogens is 1. The first-order chi connectivity index (χ1) is 9.90. The highest BCUT2D eigenvalue weighted by Crippen LogP contribution is 2.35. The number of aliphatic hydroxyl groups is 1. The molecule has 2 heterocycles. The number of carbonyl (C=O) groups is 1. The van der Waals surface area contributed by atoms with E-state index < -0.39 is 5.60 Å². The minimum atomic E-state index is -0.728. The van der Waals surface area contributed by atoms with Crippen molar-refractivity contribution in [3.05, 3.63) is 0 Å². The molecule has 22 heavy (non-hydrogen) atoms. The zero-order valence-electron chi connectivity index (χ0n) is 13.8. The van der Waals surface area contributed by atoms with Crippen LogP contribution in [-0.2, 0) is 4.79 Å². The molecule has 0 bridgehead atoms. The van der Waals surface area contributed by atoms with Crippen LogP contribution in [0, 0.1) is 5.41 Å². The van der Waals surface area contributed by atoms with E-state index in [-0.39, 0.29) is 35.3 Å². The lowest BCUT2D eigenvalue weighted by Crippen LogP contribution is -2.53. The Balaban J connectivity index is 0.00000242. The minimum Gasteiger partial charge on any atom is -0.388 e. The molecule has 2 fully saturated rings. The SMILES string of the molecule is CCC(C)(O)CNC(=NC)N1CCCC2(CNC(=O)C2)C1.I. The Hall–Kier alpha value is -0.570. The summed E-state index contributed by atoms with van der Waals surface area (Å²) < 4.78 is 0. The largest absolute Gasteiger partial charge is 0.388 e. The maximum Gasteiger partial charge on any atom is 0.220 e. The number of rotatable bonds is 3. The first kappa shape index (κ1) is 19.5. The highest BCUT2D eigenvalue weighted by atomic mass is 127. The third-order valence-electron chi connectivity index (χ3n) is 4.76. The Bertz CT molecular complexity index is 428. The summed E-state index contributed by atoms with van der Waals surface area (Å²) in [6.07, 6.45) is 3.47. The van der Waals surface area contributed by atoms with Crippen LogP contribution in [0.1, 0.15) is 39.5 Å². The maximum atomic E-state index is 11.6. The number of nitrogens with zero attached hydrogens (tertiary/aromatic N) is 2. The van der Waals surface area contributed by atoms with Crippen LogP contribution in [0.15, 0.2) is 4.99 Å². The van der Waals surface area contributed by atoms with Gasteiger partial charge in [0, 0.05) is 45.1 Å². The average Bonchev–Trinajstić information content (AvgIpc) is 2.80. The van der Waals surface area contributed by atoms with Crippen LogP contribution >= 0.6 is 24.0 Å². The molecule has 3 N–H and O–H groups in total. The highest BCUT2D eigenvalue weighted by molar-refractivity contribution is 14.0. The third-order valence-corrected chi connectivity index (χ3v) is 4.76. The second-order valence-electron chi connectivity index (χ2n) is 6.73. The summed E-state index contributed by atoms with van der Waals surface area (Å²) in [5.41, 5.74) is -0.672. The molecular formula is C15H29IN4O2. The van der Waals surface area contributed by atoms with Gasteiger partial charge in [-0.2, -0.15) is 0 Å². The number of hydrogen-bond donors (Lipinski definition) is 3. The Kier molecular flexibility index (Phi) is 6.91. The van der Waals surface area contributed by atoms with Crippen molar-refractivity contribution in [2.24, 2.45) is 10.4 Å². The van der Waals surface area contributed by atoms with E-state index in [1.54, 1.807) is 7.05 Å². The molecular weight excluding hydrogens is 395 g/mol. The molecule has 2 aliphatic rings. The van der Waals surface area contributed by atoms with Crippen molar-refractivity contribution in [1.29, 1.82) is 0 Å². The number of likely N-dealkylation sites (tertiary alicyclic amines) is 1. The molecule has 2 rings (SSSR count). The summed E-state index contributed by atoms with van der Waals surface area (Å²) in [7, 11) is 1.77. The van der Waals surface area contributed by atoms with Gasteiger partial charge in [-0.1, -0.05) is 6.92 Å². The van der Waals surface area contributed by atoms with Crippen molar-refractivity contribution < 1.29 is 9.90 Å². The fourth-order valence-electron chi connectivity index (χ4n) is 3.16. The summed E-state index contributed by atoms with van der Waals surface area (Å²) in [6, 6.07) is 0. The molecule has 0 radical (unpaired) electrons. The Morgan fingerprint density at radius 2 is 2.32 bits per heavy atom. The Labute approximate surface area is 150 Å². The number of aliphatic imine (C=N–C) groups is 1. The molecule has 1 amide bonds. The quantitative estimate of drug-likeness (QED) is 0.358. The van der Waals surface area contributed by atoms with Gasteiger partial charge in [0.15, 0.2) is 5.96 Å². The first-order valence-corrected chi connectivity index (χ1v) is 7.84. The number of piperidine rings is 1. The molecule has 6 nitrogen and oxygen atoms in total. The second kappa shape index (κ2) is 7.81. The molecule has 2 aliphatic heterocycles. The van der Waals surface area contributed by atoms with Crippen LogP contribution in [0.25, 0.3) is 0 Å². The van der Waals surface area contributed by atoms with Crippen molar-refractivity contribution in [3.63, 3.8) is 0 Å². The molecule has 0 aromatic heterocycles. The summed E-state index contributed by atoms with van der Waals surface area (Å²) >= 11 is 0. The van der Waals surface area contributed by atoms with Crippen molar-refractivity contribution in [3.8, 4) is 0 Å². The van der Waals surface area contributed by atoms with Crippen molar-refractivity contribution >= 4 is 35.8 Å². The third kappa shape index (κ3) is 4.71. The van der Waals surface area contributed by atoms with Crippen molar-refractivity contribution in [2.45, 2.75) is 45.1 Å². The fourth-order valence-corrected chi connectivity index (χ4v) is 3.16. The molecule has 0 aromatic carbocycles. The van der Waals surface area contributed by atoms with E-state index in [1.165, 1.54) is 0 Å². The van der Waals surface area contributed by atoms with Gasteiger partial charge in [0.2, 0.25) is 5.91 Å². The minimum absolute atomic E-state index is 0. The van der Waals surface area contributed by atoms with Crippen LogP contribution in [-0.4, -0.2) is 60.7 Å². The molecule has 128 valence electrons. The number of guanidine groups is 1. The van der Waals surface area contributed by atoms with Crippen molar-refractivity contribution in [1.82, 2.24) is 15.5 Å². The zero-order valence-corrected chi connectivity index (χ0v) is 16.1. The van der Waals surface area contributed by atoms with Gasteiger partial charge >= 0.3 is 0 Å². The van der Waals surface area contributed by atoms with Gasteiger partial charge in [0.25, 0.3) is 0 Å². The van der Waals surface area contributed by atoms with Crippen LogP contribution in [0.4, 0.5) is 0 Å². The van der Waals surface area contributed by atoms with E-state index in [4.69, 9.17) is 0 Å².